The predicted molar refractivity (Wildman–Crippen MR) is 88.3 cm³/mol. The Morgan fingerprint density at radius 2 is 2.05 bits per heavy atom. The molecule has 0 unspecified atom stereocenters. The molecule has 5 heteroatoms. The number of nitrogens with zero attached hydrogens (tertiary/aromatic N) is 2. The lowest BCUT2D eigenvalue weighted by atomic mass is 10.1. The summed E-state index contributed by atoms with van der Waals surface area (Å²) < 4.78 is 1.79. The third kappa shape index (κ3) is 2.50. The number of aryl methyl sites for hydroxylation is 2. The van der Waals surface area contributed by atoms with Crippen molar-refractivity contribution in [3.05, 3.63) is 47.3 Å². The quantitative estimate of drug-likeness (QED) is 0.772. The normalized spacial score (nSPS) is 11.3. The Hall–Kier alpha value is -2.56. The maximum atomic E-state index is 12.5. The highest BCUT2D eigenvalue weighted by molar-refractivity contribution is 6.06. The number of H-pyrrole nitrogens is 1. The van der Waals surface area contributed by atoms with E-state index in [4.69, 9.17) is 0 Å². The van der Waals surface area contributed by atoms with E-state index >= 15 is 0 Å². The van der Waals surface area contributed by atoms with Crippen LogP contribution < -0.4 is 5.32 Å². The first-order chi connectivity index (χ1) is 10.5. The number of aromatic amines is 1. The number of benzene rings is 1. The van der Waals surface area contributed by atoms with Crippen LogP contribution in [0.15, 0.2) is 30.5 Å². The molecular formula is C17H20N4O. The highest BCUT2D eigenvalue weighted by Gasteiger charge is 2.14. The molecule has 3 aromatic rings. The number of anilines is 1. The molecule has 2 N–H and O–H groups in total. The summed E-state index contributed by atoms with van der Waals surface area (Å²) in [6.45, 7) is 8.16. The molecule has 2 heterocycles. The van der Waals surface area contributed by atoms with E-state index in [1.807, 2.05) is 26.8 Å². The molecule has 0 aliphatic rings. The van der Waals surface area contributed by atoms with E-state index in [0.29, 0.717) is 11.5 Å². The lowest BCUT2D eigenvalue weighted by Crippen LogP contribution is -2.16. The SMILES string of the molecule is Cc1cc(C)c2cc(C(=O)Nc3ccnn3C(C)C)[nH]c2c1. The standard InChI is InChI=1S/C17H20N4O/c1-10(2)21-16(5-6-18-21)20-17(22)15-9-13-12(4)7-11(3)8-14(13)19-15/h5-10,19H,1-4H3,(H,20,22). The van der Waals surface area contributed by atoms with Gasteiger partial charge in [-0.1, -0.05) is 6.07 Å². The van der Waals surface area contributed by atoms with E-state index in [-0.39, 0.29) is 11.9 Å². The summed E-state index contributed by atoms with van der Waals surface area (Å²) in [5.41, 5.74) is 3.88. The van der Waals surface area contributed by atoms with Crippen LogP contribution in [0.25, 0.3) is 10.9 Å². The minimum Gasteiger partial charge on any atom is -0.351 e. The molecule has 1 aromatic carbocycles. The summed E-state index contributed by atoms with van der Waals surface area (Å²) in [6, 6.07) is 8.06. The van der Waals surface area contributed by atoms with Crippen molar-refractivity contribution in [1.29, 1.82) is 0 Å². The van der Waals surface area contributed by atoms with Crippen molar-refractivity contribution >= 4 is 22.6 Å². The van der Waals surface area contributed by atoms with Gasteiger partial charge in [0.15, 0.2) is 0 Å². The molecule has 5 nitrogen and oxygen atoms in total. The average Bonchev–Trinajstić information content (AvgIpc) is 3.04. The Balaban J connectivity index is 1.92. The van der Waals surface area contributed by atoms with Gasteiger partial charge in [0.05, 0.1) is 6.20 Å². The Morgan fingerprint density at radius 1 is 1.27 bits per heavy atom. The number of carbonyl (C=O) groups is 1. The van der Waals surface area contributed by atoms with Crippen LogP contribution in [0, 0.1) is 13.8 Å². The van der Waals surface area contributed by atoms with Crippen molar-refractivity contribution in [2.45, 2.75) is 33.7 Å². The zero-order chi connectivity index (χ0) is 15.9. The Bertz CT molecular complexity index is 842. The fraction of sp³-hybridized carbons (Fsp3) is 0.294. The van der Waals surface area contributed by atoms with Crippen molar-refractivity contribution in [1.82, 2.24) is 14.8 Å². The zero-order valence-corrected chi connectivity index (χ0v) is 13.3. The summed E-state index contributed by atoms with van der Waals surface area (Å²) >= 11 is 0. The van der Waals surface area contributed by atoms with Gasteiger partial charge in [-0.15, -0.1) is 0 Å². The van der Waals surface area contributed by atoms with E-state index in [2.05, 4.69) is 34.5 Å². The number of carbonyl (C=O) groups excluding carboxylic acids is 1. The topological polar surface area (TPSA) is 62.7 Å². The third-order valence-electron chi connectivity index (χ3n) is 3.73. The van der Waals surface area contributed by atoms with Crippen LogP contribution in [0.3, 0.4) is 0 Å². The molecule has 0 bridgehead atoms. The van der Waals surface area contributed by atoms with Gasteiger partial charge in [-0.3, -0.25) is 4.79 Å². The number of nitrogens with one attached hydrogen (secondary N) is 2. The molecule has 0 atom stereocenters. The van der Waals surface area contributed by atoms with Gasteiger partial charge in [-0.2, -0.15) is 5.10 Å². The summed E-state index contributed by atoms with van der Waals surface area (Å²) in [7, 11) is 0. The fourth-order valence-corrected chi connectivity index (χ4v) is 2.73. The van der Waals surface area contributed by atoms with E-state index in [1.54, 1.807) is 16.9 Å². The Morgan fingerprint density at radius 3 is 2.77 bits per heavy atom. The molecule has 0 spiro atoms. The Labute approximate surface area is 129 Å². The molecular weight excluding hydrogens is 276 g/mol. The second-order valence-corrected chi connectivity index (χ2v) is 5.93. The van der Waals surface area contributed by atoms with Crippen LogP contribution in [-0.2, 0) is 0 Å². The molecule has 22 heavy (non-hydrogen) atoms. The van der Waals surface area contributed by atoms with E-state index in [0.717, 1.165) is 16.5 Å². The van der Waals surface area contributed by atoms with Crippen LogP contribution in [0.4, 0.5) is 5.82 Å². The molecule has 0 aliphatic heterocycles. The van der Waals surface area contributed by atoms with E-state index < -0.39 is 0 Å². The molecule has 114 valence electrons. The van der Waals surface area contributed by atoms with Gasteiger partial charge in [0.2, 0.25) is 0 Å². The van der Waals surface area contributed by atoms with Gasteiger partial charge in [-0.25, -0.2) is 4.68 Å². The van der Waals surface area contributed by atoms with Crippen molar-refractivity contribution in [3.8, 4) is 0 Å². The first-order valence-electron chi connectivity index (χ1n) is 7.40. The molecule has 0 saturated heterocycles. The number of hydrogen-bond donors (Lipinski definition) is 2. The zero-order valence-electron chi connectivity index (χ0n) is 13.3. The third-order valence-corrected chi connectivity index (χ3v) is 3.73. The second kappa shape index (κ2) is 5.33. The fourth-order valence-electron chi connectivity index (χ4n) is 2.73. The van der Waals surface area contributed by atoms with Crippen LogP contribution >= 0.6 is 0 Å². The second-order valence-electron chi connectivity index (χ2n) is 5.93. The monoisotopic (exact) mass is 296 g/mol. The molecule has 0 radical (unpaired) electrons. The minimum absolute atomic E-state index is 0.157. The van der Waals surface area contributed by atoms with Crippen LogP contribution in [0.2, 0.25) is 0 Å². The average molecular weight is 296 g/mol. The van der Waals surface area contributed by atoms with Gasteiger partial charge in [0.25, 0.3) is 5.91 Å². The lowest BCUT2D eigenvalue weighted by Gasteiger charge is -2.11. The summed E-state index contributed by atoms with van der Waals surface area (Å²) in [5, 5.41) is 8.21. The first kappa shape index (κ1) is 14.4. The molecule has 0 fully saturated rings. The first-order valence-corrected chi connectivity index (χ1v) is 7.40. The maximum Gasteiger partial charge on any atom is 0.273 e. The number of amides is 1. The van der Waals surface area contributed by atoms with Gasteiger partial charge in [0, 0.05) is 23.0 Å². The molecule has 3 rings (SSSR count). The van der Waals surface area contributed by atoms with Crippen molar-refractivity contribution in [2.24, 2.45) is 0 Å². The number of rotatable bonds is 3. The van der Waals surface area contributed by atoms with Crippen molar-refractivity contribution < 1.29 is 4.79 Å². The minimum atomic E-state index is -0.157. The van der Waals surface area contributed by atoms with Gasteiger partial charge in [0.1, 0.15) is 11.5 Å². The summed E-state index contributed by atoms with van der Waals surface area (Å²) in [4.78, 5) is 15.7. The smallest absolute Gasteiger partial charge is 0.273 e. The van der Waals surface area contributed by atoms with Gasteiger partial charge in [-0.05, 0) is 51.0 Å². The highest BCUT2D eigenvalue weighted by atomic mass is 16.2. The van der Waals surface area contributed by atoms with E-state index in [9.17, 15) is 4.79 Å². The van der Waals surface area contributed by atoms with Crippen molar-refractivity contribution in [2.75, 3.05) is 5.32 Å². The predicted octanol–water partition coefficient (Wildman–Crippen LogP) is 3.81. The van der Waals surface area contributed by atoms with Gasteiger partial charge >= 0.3 is 0 Å². The molecule has 2 aromatic heterocycles. The number of aromatic nitrogens is 3. The maximum absolute atomic E-state index is 12.5. The van der Waals surface area contributed by atoms with E-state index in [1.165, 1.54) is 5.56 Å². The molecule has 0 saturated carbocycles. The van der Waals surface area contributed by atoms with Crippen LogP contribution in [0.1, 0.15) is 41.5 Å². The van der Waals surface area contributed by atoms with Crippen LogP contribution in [0.5, 0.6) is 0 Å². The summed E-state index contributed by atoms with van der Waals surface area (Å²) in [5.74, 6) is 0.544. The molecule has 1 amide bonds. The van der Waals surface area contributed by atoms with Gasteiger partial charge < -0.3 is 10.3 Å². The highest BCUT2D eigenvalue weighted by Crippen LogP contribution is 2.22. The number of hydrogen-bond acceptors (Lipinski definition) is 2. The number of fused-ring (bicyclic) bond motifs is 1. The lowest BCUT2D eigenvalue weighted by molar-refractivity contribution is 0.102. The molecule has 0 aliphatic carbocycles. The summed E-state index contributed by atoms with van der Waals surface area (Å²) in [6.07, 6.45) is 1.69. The van der Waals surface area contributed by atoms with Crippen molar-refractivity contribution in [3.63, 3.8) is 0 Å². The van der Waals surface area contributed by atoms with Crippen LogP contribution in [-0.4, -0.2) is 20.7 Å². The largest absolute Gasteiger partial charge is 0.351 e. The Kier molecular flexibility index (Phi) is 3.48.